The van der Waals surface area contributed by atoms with Crippen molar-refractivity contribution in [1.29, 1.82) is 0 Å². The highest BCUT2D eigenvalue weighted by Crippen LogP contribution is 2.28. The standard InChI is InChI=1S/C14H19N3O4/c1-2-21-13-8-11(7-12(9-13)17(19)20)15-5-6-16-14(18)10-3-4-10/h7-10,15H,2-6H2,1H3,(H,16,18). The molecule has 0 radical (unpaired) electrons. The molecule has 0 heterocycles. The molecule has 1 aromatic rings. The highest BCUT2D eigenvalue weighted by molar-refractivity contribution is 5.80. The topological polar surface area (TPSA) is 93.5 Å². The van der Waals surface area contributed by atoms with Crippen molar-refractivity contribution < 1.29 is 14.5 Å². The van der Waals surface area contributed by atoms with Crippen LogP contribution < -0.4 is 15.4 Å². The first-order chi connectivity index (χ1) is 10.1. The molecule has 114 valence electrons. The van der Waals surface area contributed by atoms with E-state index < -0.39 is 4.92 Å². The summed E-state index contributed by atoms with van der Waals surface area (Å²) in [7, 11) is 0. The molecule has 2 N–H and O–H groups in total. The third-order valence-corrected chi connectivity index (χ3v) is 3.11. The molecule has 0 saturated heterocycles. The molecule has 0 aromatic heterocycles. The highest BCUT2D eigenvalue weighted by atomic mass is 16.6. The summed E-state index contributed by atoms with van der Waals surface area (Å²) in [4.78, 5) is 21.9. The van der Waals surface area contributed by atoms with Crippen LogP contribution in [-0.2, 0) is 4.79 Å². The van der Waals surface area contributed by atoms with Crippen molar-refractivity contribution in [3.8, 4) is 5.75 Å². The van der Waals surface area contributed by atoms with E-state index in [4.69, 9.17) is 4.74 Å². The summed E-state index contributed by atoms with van der Waals surface area (Å²) in [5.74, 6) is 0.731. The molecule has 1 aromatic carbocycles. The maximum Gasteiger partial charge on any atom is 0.275 e. The number of hydrogen-bond donors (Lipinski definition) is 2. The van der Waals surface area contributed by atoms with Gasteiger partial charge in [0.15, 0.2) is 0 Å². The molecule has 0 spiro atoms. The molecular formula is C14H19N3O4. The number of rotatable bonds is 8. The molecule has 1 fully saturated rings. The number of ether oxygens (including phenoxy) is 1. The van der Waals surface area contributed by atoms with Gasteiger partial charge in [0.1, 0.15) is 5.75 Å². The maximum atomic E-state index is 11.5. The molecule has 1 amide bonds. The SMILES string of the molecule is CCOc1cc(NCCNC(=O)C2CC2)cc([N+](=O)[O-])c1. The first kappa shape index (κ1) is 15.1. The molecule has 1 aliphatic carbocycles. The fraction of sp³-hybridized carbons (Fsp3) is 0.500. The Kier molecular flexibility index (Phi) is 4.97. The van der Waals surface area contributed by atoms with Gasteiger partial charge in [-0.3, -0.25) is 14.9 Å². The van der Waals surface area contributed by atoms with Gasteiger partial charge in [-0.2, -0.15) is 0 Å². The van der Waals surface area contributed by atoms with Crippen molar-refractivity contribution in [2.24, 2.45) is 5.92 Å². The van der Waals surface area contributed by atoms with Crippen LogP contribution in [-0.4, -0.2) is 30.5 Å². The Bertz CT molecular complexity index is 529. The summed E-state index contributed by atoms with van der Waals surface area (Å²) in [5.41, 5.74) is 0.582. The summed E-state index contributed by atoms with van der Waals surface area (Å²) in [6.45, 7) is 3.25. The minimum Gasteiger partial charge on any atom is -0.494 e. The Morgan fingerprint density at radius 2 is 2.14 bits per heavy atom. The lowest BCUT2D eigenvalue weighted by molar-refractivity contribution is -0.384. The fourth-order valence-corrected chi connectivity index (χ4v) is 1.92. The largest absolute Gasteiger partial charge is 0.494 e. The molecule has 0 atom stereocenters. The number of nitrogens with one attached hydrogen (secondary N) is 2. The average Bonchev–Trinajstić information content (AvgIpc) is 3.28. The van der Waals surface area contributed by atoms with Gasteiger partial charge in [-0.15, -0.1) is 0 Å². The van der Waals surface area contributed by atoms with E-state index in [0.29, 0.717) is 31.1 Å². The molecule has 21 heavy (non-hydrogen) atoms. The molecule has 0 bridgehead atoms. The van der Waals surface area contributed by atoms with Crippen LogP contribution in [0, 0.1) is 16.0 Å². The van der Waals surface area contributed by atoms with Crippen LogP contribution in [0.4, 0.5) is 11.4 Å². The highest BCUT2D eigenvalue weighted by Gasteiger charge is 2.28. The number of hydrogen-bond acceptors (Lipinski definition) is 5. The third kappa shape index (κ3) is 4.62. The number of anilines is 1. The third-order valence-electron chi connectivity index (χ3n) is 3.11. The van der Waals surface area contributed by atoms with Gasteiger partial charge in [0.2, 0.25) is 5.91 Å². The predicted molar refractivity (Wildman–Crippen MR) is 78.5 cm³/mol. The summed E-state index contributed by atoms with van der Waals surface area (Å²) >= 11 is 0. The maximum absolute atomic E-state index is 11.5. The van der Waals surface area contributed by atoms with Crippen molar-refractivity contribution >= 4 is 17.3 Å². The molecule has 2 rings (SSSR count). The first-order valence-electron chi connectivity index (χ1n) is 7.04. The Hall–Kier alpha value is -2.31. The van der Waals surface area contributed by atoms with E-state index in [1.807, 2.05) is 6.92 Å². The van der Waals surface area contributed by atoms with Crippen molar-refractivity contribution in [1.82, 2.24) is 5.32 Å². The van der Waals surface area contributed by atoms with Gasteiger partial charge < -0.3 is 15.4 Å². The van der Waals surface area contributed by atoms with Crippen LogP contribution in [0.15, 0.2) is 18.2 Å². The van der Waals surface area contributed by atoms with Gasteiger partial charge in [0.05, 0.1) is 17.6 Å². The Balaban J connectivity index is 1.88. The normalized spacial score (nSPS) is 13.6. The minimum absolute atomic E-state index is 0.0227. The molecular weight excluding hydrogens is 274 g/mol. The Morgan fingerprint density at radius 1 is 1.38 bits per heavy atom. The second-order valence-electron chi connectivity index (χ2n) is 4.90. The minimum atomic E-state index is -0.456. The van der Waals surface area contributed by atoms with Crippen LogP contribution in [0.25, 0.3) is 0 Å². The van der Waals surface area contributed by atoms with E-state index in [1.54, 1.807) is 6.07 Å². The predicted octanol–water partition coefficient (Wildman–Crippen LogP) is 1.93. The van der Waals surface area contributed by atoms with E-state index in [2.05, 4.69) is 10.6 Å². The first-order valence-corrected chi connectivity index (χ1v) is 7.04. The van der Waals surface area contributed by atoms with E-state index in [-0.39, 0.29) is 17.5 Å². The van der Waals surface area contributed by atoms with Crippen molar-refractivity contribution in [2.75, 3.05) is 25.0 Å². The van der Waals surface area contributed by atoms with Gasteiger partial charge in [0.25, 0.3) is 5.69 Å². The van der Waals surface area contributed by atoms with Gasteiger partial charge in [-0.25, -0.2) is 0 Å². The molecule has 0 unspecified atom stereocenters. The smallest absolute Gasteiger partial charge is 0.275 e. The van der Waals surface area contributed by atoms with Gasteiger partial charge in [0, 0.05) is 36.8 Å². The zero-order chi connectivity index (χ0) is 15.2. The summed E-state index contributed by atoms with van der Waals surface area (Å²) < 4.78 is 5.31. The zero-order valence-electron chi connectivity index (χ0n) is 11.9. The summed E-state index contributed by atoms with van der Waals surface area (Å²) in [6.07, 6.45) is 1.95. The Labute approximate surface area is 122 Å². The number of nitrogens with zero attached hydrogens (tertiary/aromatic N) is 1. The van der Waals surface area contributed by atoms with Gasteiger partial charge in [-0.1, -0.05) is 0 Å². The van der Waals surface area contributed by atoms with Crippen LogP contribution >= 0.6 is 0 Å². The van der Waals surface area contributed by atoms with Gasteiger partial charge in [-0.05, 0) is 19.8 Å². The number of nitro groups is 1. The van der Waals surface area contributed by atoms with Crippen molar-refractivity contribution in [3.63, 3.8) is 0 Å². The number of nitro benzene ring substituents is 1. The second kappa shape index (κ2) is 6.92. The van der Waals surface area contributed by atoms with Crippen LogP contribution in [0.5, 0.6) is 5.75 Å². The molecule has 7 nitrogen and oxygen atoms in total. The molecule has 0 aliphatic heterocycles. The zero-order valence-corrected chi connectivity index (χ0v) is 11.9. The average molecular weight is 293 g/mol. The van der Waals surface area contributed by atoms with Crippen LogP contribution in [0.3, 0.4) is 0 Å². The molecule has 1 saturated carbocycles. The molecule has 1 aliphatic rings. The Morgan fingerprint density at radius 3 is 2.76 bits per heavy atom. The number of benzene rings is 1. The quantitative estimate of drug-likeness (QED) is 0.434. The number of carbonyl (C=O) groups excluding carboxylic acids is 1. The fourth-order valence-electron chi connectivity index (χ4n) is 1.92. The summed E-state index contributed by atoms with van der Waals surface area (Å²) in [5, 5.41) is 16.8. The summed E-state index contributed by atoms with van der Waals surface area (Å²) in [6, 6.07) is 4.55. The lowest BCUT2D eigenvalue weighted by Crippen LogP contribution is -2.29. The van der Waals surface area contributed by atoms with Crippen molar-refractivity contribution in [2.45, 2.75) is 19.8 Å². The lowest BCUT2D eigenvalue weighted by atomic mass is 10.2. The van der Waals surface area contributed by atoms with Crippen LogP contribution in [0.2, 0.25) is 0 Å². The number of amides is 1. The molecule has 7 heteroatoms. The number of non-ortho nitro benzene ring substituents is 1. The second-order valence-corrected chi connectivity index (χ2v) is 4.90. The van der Waals surface area contributed by atoms with E-state index in [1.165, 1.54) is 12.1 Å². The van der Waals surface area contributed by atoms with Gasteiger partial charge >= 0.3 is 0 Å². The van der Waals surface area contributed by atoms with Crippen LogP contribution in [0.1, 0.15) is 19.8 Å². The lowest BCUT2D eigenvalue weighted by Gasteiger charge is -2.10. The monoisotopic (exact) mass is 293 g/mol. The van der Waals surface area contributed by atoms with E-state index >= 15 is 0 Å². The van der Waals surface area contributed by atoms with E-state index in [0.717, 1.165) is 12.8 Å². The number of carbonyl (C=O) groups is 1. The van der Waals surface area contributed by atoms with Crippen molar-refractivity contribution in [3.05, 3.63) is 28.3 Å². The van der Waals surface area contributed by atoms with E-state index in [9.17, 15) is 14.9 Å².